The lowest BCUT2D eigenvalue weighted by molar-refractivity contribution is -0.144. The molecule has 0 amide bonds. The first-order valence-corrected chi connectivity index (χ1v) is 7.02. The van der Waals surface area contributed by atoms with Gasteiger partial charge in [0.2, 0.25) is 0 Å². The van der Waals surface area contributed by atoms with Gasteiger partial charge in [-0.3, -0.25) is 9.59 Å². The minimum absolute atomic E-state index is 0.103. The van der Waals surface area contributed by atoms with E-state index in [0.29, 0.717) is 26.1 Å². The second kappa shape index (κ2) is 12.4. The molecule has 0 unspecified atom stereocenters. The van der Waals surface area contributed by atoms with Crippen molar-refractivity contribution in [2.45, 2.75) is 65.2 Å². The molecule has 0 spiro atoms. The number of hydrogen-bond acceptors (Lipinski definition) is 4. The third kappa shape index (κ3) is 11.4. The predicted octanol–water partition coefficient (Wildman–Crippen LogP) is 3.23. The summed E-state index contributed by atoms with van der Waals surface area (Å²) in [5.74, 6) is -0.231. The van der Waals surface area contributed by atoms with Gasteiger partial charge in [-0.2, -0.15) is 0 Å². The van der Waals surface area contributed by atoms with Crippen molar-refractivity contribution in [1.29, 1.82) is 0 Å². The Bertz CT molecular complexity index is 226. The highest BCUT2D eigenvalue weighted by Crippen LogP contribution is 2.07. The van der Waals surface area contributed by atoms with Crippen molar-refractivity contribution in [2.24, 2.45) is 0 Å². The van der Waals surface area contributed by atoms with Crippen molar-refractivity contribution in [2.75, 3.05) is 13.2 Å². The molecule has 0 saturated heterocycles. The first-order valence-electron chi connectivity index (χ1n) is 7.02. The summed E-state index contributed by atoms with van der Waals surface area (Å²) in [6.45, 7) is 4.86. The van der Waals surface area contributed by atoms with Gasteiger partial charge in [0.15, 0.2) is 0 Å². The standard InChI is InChI=1S/C14H26O4/c1-3-5-12-18-14(16)11-9-7-6-8-10-13(15)17-4-2/h3-12H2,1-2H3. The molecular formula is C14H26O4. The Morgan fingerprint density at radius 2 is 1.33 bits per heavy atom. The molecule has 0 aromatic carbocycles. The first-order chi connectivity index (χ1) is 8.70. The van der Waals surface area contributed by atoms with Crippen molar-refractivity contribution in [3.05, 3.63) is 0 Å². The molecule has 0 fully saturated rings. The molecule has 0 heterocycles. The zero-order chi connectivity index (χ0) is 13.6. The quantitative estimate of drug-likeness (QED) is 0.422. The number of ether oxygens (including phenoxy) is 2. The molecule has 18 heavy (non-hydrogen) atoms. The summed E-state index contributed by atoms with van der Waals surface area (Å²) in [7, 11) is 0. The van der Waals surface area contributed by atoms with E-state index in [2.05, 4.69) is 6.92 Å². The highest BCUT2D eigenvalue weighted by molar-refractivity contribution is 5.69. The van der Waals surface area contributed by atoms with Crippen LogP contribution in [-0.2, 0) is 19.1 Å². The Balaban J connectivity index is 3.24. The molecule has 0 radical (unpaired) electrons. The van der Waals surface area contributed by atoms with Crippen LogP contribution in [0, 0.1) is 0 Å². The highest BCUT2D eigenvalue weighted by Gasteiger charge is 2.03. The van der Waals surface area contributed by atoms with Crippen LogP contribution in [0.5, 0.6) is 0 Å². The van der Waals surface area contributed by atoms with Crippen molar-refractivity contribution < 1.29 is 19.1 Å². The second-order valence-electron chi connectivity index (χ2n) is 4.29. The number of rotatable bonds is 11. The van der Waals surface area contributed by atoms with Gasteiger partial charge < -0.3 is 9.47 Å². The zero-order valence-electron chi connectivity index (χ0n) is 11.7. The van der Waals surface area contributed by atoms with Crippen LogP contribution in [0.4, 0.5) is 0 Å². The van der Waals surface area contributed by atoms with Crippen LogP contribution >= 0.6 is 0 Å². The predicted molar refractivity (Wildman–Crippen MR) is 70.2 cm³/mol. The fraction of sp³-hybridized carbons (Fsp3) is 0.857. The monoisotopic (exact) mass is 258 g/mol. The minimum atomic E-state index is -0.128. The van der Waals surface area contributed by atoms with E-state index >= 15 is 0 Å². The van der Waals surface area contributed by atoms with Gasteiger partial charge in [0.25, 0.3) is 0 Å². The van der Waals surface area contributed by atoms with Crippen molar-refractivity contribution in [1.82, 2.24) is 0 Å². The maximum Gasteiger partial charge on any atom is 0.305 e. The molecule has 0 aliphatic carbocycles. The Morgan fingerprint density at radius 1 is 0.778 bits per heavy atom. The lowest BCUT2D eigenvalue weighted by Crippen LogP contribution is -2.05. The van der Waals surface area contributed by atoms with E-state index in [4.69, 9.17) is 9.47 Å². The van der Waals surface area contributed by atoms with Crippen LogP contribution in [-0.4, -0.2) is 25.2 Å². The van der Waals surface area contributed by atoms with Crippen molar-refractivity contribution in [3.63, 3.8) is 0 Å². The number of esters is 2. The fourth-order valence-corrected chi connectivity index (χ4v) is 1.53. The van der Waals surface area contributed by atoms with Gasteiger partial charge in [-0.25, -0.2) is 0 Å². The van der Waals surface area contributed by atoms with E-state index in [1.165, 1.54) is 0 Å². The van der Waals surface area contributed by atoms with Gasteiger partial charge in [0.05, 0.1) is 13.2 Å². The maximum atomic E-state index is 11.2. The molecule has 0 N–H and O–H groups in total. The van der Waals surface area contributed by atoms with Crippen molar-refractivity contribution >= 4 is 11.9 Å². The van der Waals surface area contributed by atoms with Gasteiger partial charge in [-0.1, -0.05) is 26.2 Å². The van der Waals surface area contributed by atoms with Gasteiger partial charge >= 0.3 is 11.9 Å². The highest BCUT2D eigenvalue weighted by atomic mass is 16.5. The second-order valence-corrected chi connectivity index (χ2v) is 4.29. The lowest BCUT2D eigenvalue weighted by atomic mass is 10.1. The number of carbonyl (C=O) groups excluding carboxylic acids is 2. The van der Waals surface area contributed by atoms with E-state index in [0.717, 1.165) is 38.5 Å². The lowest BCUT2D eigenvalue weighted by Gasteiger charge is -2.04. The van der Waals surface area contributed by atoms with Crippen LogP contribution in [0.3, 0.4) is 0 Å². The van der Waals surface area contributed by atoms with Crippen LogP contribution in [0.1, 0.15) is 65.2 Å². The molecule has 0 saturated carbocycles. The minimum Gasteiger partial charge on any atom is -0.466 e. The average molecular weight is 258 g/mol. The zero-order valence-corrected chi connectivity index (χ0v) is 11.7. The molecule has 0 bridgehead atoms. The molecule has 4 nitrogen and oxygen atoms in total. The fourth-order valence-electron chi connectivity index (χ4n) is 1.53. The molecule has 0 aliphatic rings. The van der Waals surface area contributed by atoms with E-state index in [9.17, 15) is 9.59 Å². The Kier molecular flexibility index (Phi) is 11.7. The van der Waals surface area contributed by atoms with Crippen LogP contribution in [0.2, 0.25) is 0 Å². The molecule has 0 aromatic heterocycles. The SMILES string of the molecule is CCCCOC(=O)CCCCCCC(=O)OCC. The van der Waals surface area contributed by atoms with Crippen LogP contribution < -0.4 is 0 Å². The average Bonchev–Trinajstić information content (AvgIpc) is 2.34. The molecule has 0 atom stereocenters. The van der Waals surface area contributed by atoms with Gasteiger partial charge in [0, 0.05) is 12.8 Å². The molecular weight excluding hydrogens is 232 g/mol. The van der Waals surface area contributed by atoms with E-state index in [-0.39, 0.29) is 11.9 Å². The van der Waals surface area contributed by atoms with E-state index in [1.54, 1.807) is 0 Å². The third-order valence-electron chi connectivity index (χ3n) is 2.58. The van der Waals surface area contributed by atoms with E-state index in [1.807, 2.05) is 6.92 Å². The summed E-state index contributed by atoms with van der Waals surface area (Å²) in [6, 6.07) is 0. The summed E-state index contributed by atoms with van der Waals surface area (Å²) >= 11 is 0. The molecule has 0 aliphatic heterocycles. The van der Waals surface area contributed by atoms with Crippen LogP contribution in [0.25, 0.3) is 0 Å². The van der Waals surface area contributed by atoms with Crippen LogP contribution in [0.15, 0.2) is 0 Å². The summed E-state index contributed by atoms with van der Waals surface area (Å²) in [4.78, 5) is 22.3. The third-order valence-corrected chi connectivity index (χ3v) is 2.58. The summed E-state index contributed by atoms with van der Waals surface area (Å²) in [6.07, 6.45) is 6.55. The Hall–Kier alpha value is -1.06. The van der Waals surface area contributed by atoms with Gasteiger partial charge in [-0.15, -0.1) is 0 Å². The molecule has 0 aromatic rings. The summed E-state index contributed by atoms with van der Waals surface area (Å²) in [5.41, 5.74) is 0. The van der Waals surface area contributed by atoms with Gasteiger partial charge in [0.1, 0.15) is 0 Å². The molecule has 106 valence electrons. The molecule has 0 rings (SSSR count). The smallest absolute Gasteiger partial charge is 0.305 e. The van der Waals surface area contributed by atoms with Gasteiger partial charge in [-0.05, 0) is 26.2 Å². The number of unbranched alkanes of at least 4 members (excludes halogenated alkanes) is 4. The first kappa shape index (κ1) is 16.9. The van der Waals surface area contributed by atoms with Crippen molar-refractivity contribution in [3.8, 4) is 0 Å². The summed E-state index contributed by atoms with van der Waals surface area (Å²) in [5, 5.41) is 0. The Labute approximate surface area is 110 Å². The number of hydrogen-bond donors (Lipinski definition) is 0. The number of carbonyl (C=O) groups is 2. The van der Waals surface area contributed by atoms with E-state index < -0.39 is 0 Å². The summed E-state index contributed by atoms with van der Waals surface area (Å²) < 4.78 is 9.87. The largest absolute Gasteiger partial charge is 0.466 e. The maximum absolute atomic E-state index is 11.2. The molecule has 4 heteroatoms. The topological polar surface area (TPSA) is 52.6 Å². The Morgan fingerprint density at radius 3 is 1.83 bits per heavy atom. The normalized spacial score (nSPS) is 10.1.